The van der Waals surface area contributed by atoms with Gasteiger partial charge in [-0.05, 0) is 24.8 Å². The SMILES string of the molecule is CCCCC1([SiH](c2cc(C)cc([Si](C)(C)C)c2)[c-]2c(C)c(C)c(C)c2C)C=CC=CC1.[CH3-].[CH3-].[CH3-].[Ti+4]. The fourth-order valence-corrected chi connectivity index (χ4v) is 11.9. The predicted octanol–water partition coefficient (Wildman–Crippen LogP) is 7.63. The van der Waals surface area contributed by atoms with Gasteiger partial charge in [0.15, 0.2) is 0 Å². The van der Waals surface area contributed by atoms with Gasteiger partial charge in [-0.15, -0.1) is 0 Å². The van der Waals surface area contributed by atoms with Crippen LogP contribution in [0.5, 0.6) is 0 Å². The summed E-state index contributed by atoms with van der Waals surface area (Å²) < 4.78 is 0. The van der Waals surface area contributed by atoms with Crippen molar-refractivity contribution in [2.45, 2.75) is 91.9 Å². The summed E-state index contributed by atoms with van der Waals surface area (Å²) in [6, 6.07) is 7.67. The van der Waals surface area contributed by atoms with Gasteiger partial charge in [0.05, 0.1) is 16.9 Å². The van der Waals surface area contributed by atoms with Crippen LogP contribution in [0.25, 0.3) is 0 Å². The van der Waals surface area contributed by atoms with Gasteiger partial charge in [0, 0.05) is 0 Å². The van der Waals surface area contributed by atoms with Crippen molar-refractivity contribution in [3.8, 4) is 0 Å². The second-order valence-corrected chi connectivity index (χ2v) is 19.4. The van der Waals surface area contributed by atoms with Gasteiger partial charge in [0.25, 0.3) is 0 Å². The van der Waals surface area contributed by atoms with E-state index in [-0.39, 0.29) is 49.0 Å². The molecule has 0 aromatic heterocycles. The number of benzene rings is 1. The maximum atomic E-state index is 2.65. The minimum absolute atomic E-state index is 0. The monoisotopic (exact) mass is 540 g/mol. The van der Waals surface area contributed by atoms with Gasteiger partial charge >= 0.3 is 21.7 Å². The van der Waals surface area contributed by atoms with E-state index in [1.54, 1.807) is 26.7 Å². The Morgan fingerprint density at radius 3 is 1.91 bits per heavy atom. The van der Waals surface area contributed by atoms with Crippen molar-refractivity contribution < 1.29 is 21.7 Å². The first-order chi connectivity index (χ1) is 14.5. The molecule has 0 nitrogen and oxygen atoms in total. The second-order valence-electron chi connectivity index (χ2n) is 11.1. The van der Waals surface area contributed by atoms with E-state index in [9.17, 15) is 0 Å². The molecule has 3 heteroatoms. The van der Waals surface area contributed by atoms with Crippen LogP contribution in [0, 0.1) is 56.9 Å². The molecule has 0 amide bonds. The molecule has 0 heterocycles. The summed E-state index contributed by atoms with van der Waals surface area (Å²) in [5.41, 5.74) is 7.62. The Hall–Kier alpha value is -0.802. The normalized spacial score (nSPS) is 17.5. The van der Waals surface area contributed by atoms with Crippen LogP contribution >= 0.6 is 0 Å². The Labute approximate surface area is 237 Å². The summed E-state index contributed by atoms with van der Waals surface area (Å²) >= 11 is 0. The average molecular weight is 541 g/mol. The molecule has 1 aliphatic carbocycles. The molecule has 2 atom stereocenters. The molecular formula is C32H52Si2Ti. The molecule has 2 aromatic rings. The van der Waals surface area contributed by atoms with Gasteiger partial charge in [-0.2, -0.15) is 27.4 Å². The van der Waals surface area contributed by atoms with Gasteiger partial charge in [0.1, 0.15) is 0 Å². The van der Waals surface area contributed by atoms with Crippen molar-refractivity contribution >= 4 is 32.4 Å². The number of aryl methyl sites for hydroxylation is 1. The summed E-state index contributed by atoms with van der Waals surface area (Å²) in [6.07, 6.45) is 14.8. The largest absolute Gasteiger partial charge is 4.00 e. The molecule has 0 saturated heterocycles. The minimum atomic E-state index is -1.53. The van der Waals surface area contributed by atoms with Crippen molar-refractivity contribution in [1.82, 2.24) is 0 Å². The summed E-state index contributed by atoms with van der Waals surface area (Å²) in [4.78, 5) is 0. The van der Waals surface area contributed by atoms with Crippen LogP contribution in [0.1, 0.15) is 60.4 Å². The number of hydrogen-bond acceptors (Lipinski definition) is 0. The molecule has 2 aromatic carbocycles. The molecule has 35 heavy (non-hydrogen) atoms. The van der Waals surface area contributed by atoms with Gasteiger partial charge in [-0.1, -0.05) is 126 Å². The Balaban J connectivity index is 0. The topological polar surface area (TPSA) is 0 Å². The Morgan fingerprint density at radius 2 is 1.46 bits per heavy atom. The van der Waals surface area contributed by atoms with Crippen LogP contribution in [0.3, 0.4) is 0 Å². The molecular weight excluding hydrogens is 488 g/mol. The van der Waals surface area contributed by atoms with Crippen LogP contribution in [0.4, 0.5) is 0 Å². The second kappa shape index (κ2) is 14.2. The molecule has 0 spiro atoms. The maximum Gasteiger partial charge on any atom is 4.00 e. The van der Waals surface area contributed by atoms with E-state index >= 15 is 0 Å². The average Bonchev–Trinajstić information content (AvgIpc) is 2.90. The number of unbranched alkanes of at least 4 members (excludes halogenated alkanes) is 1. The third-order valence-electron chi connectivity index (χ3n) is 7.83. The number of allylic oxidation sites excluding steroid dienone is 4. The molecule has 0 radical (unpaired) electrons. The molecule has 0 aliphatic heterocycles. The zero-order valence-corrected chi connectivity index (χ0v) is 28.7. The van der Waals surface area contributed by atoms with E-state index in [0.29, 0.717) is 0 Å². The van der Waals surface area contributed by atoms with E-state index in [0.717, 1.165) is 0 Å². The van der Waals surface area contributed by atoms with Crippen molar-refractivity contribution in [1.29, 1.82) is 0 Å². The fraction of sp³-hybridized carbons (Fsp3) is 0.438. The summed E-state index contributed by atoms with van der Waals surface area (Å²) in [7, 11) is -2.91. The van der Waals surface area contributed by atoms with E-state index in [1.807, 2.05) is 0 Å². The standard InChI is InChI=1S/C29H43Si2.3CH3.Ti/c1-10-11-15-29(16-13-12-14-17-29)30(28-24(5)22(3)23(4)25(28)6)26-18-21(2)19-27(20-26)31(7,8)9;;;;/h12-14,16,18-20,30H,10-11,15,17H2,1-9H3;3*1H3;/q4*-1;+4. The molecule has 0 saturated carbocycles. The van der Waals surface area contributed by atoms with Gasteiger partial charge in [-0.25, -0.2) is 0 Å². The Bertz CT molecular complexity index is 978. The first-order valence-electron chi connectivity index (χ1n) is 12.2. The molecule has 0 fully saturated rings. The minimum Gasteiger partial charge on any atom is -0.358 e. The number of hydrogen-bond donors (Lipinski definition) is 0. The smallest absolute Gasteiger partial charge is 0.358 e. The fourth-order valence-electron chi connectivity index (χ4n) is 5.61. The Morgan fingerprint density at radius 1 is 0.886 bits per heavy atom. The van der Waals surface area contributed by atoms with Crippen molar-refractivity contribution in [3.63, 3.8) is 0 Å². The number of rotatable bonds is 7. The third-order valence-corrected chi connectivity index (χ3v) is 14.2. The van der Waals surface area contributed by atoms with Crippen LogP contribution in [0.15, 0.2) is 42.5 Å². The molecule has 0 N–H and O–H groups in total. The molecule has 192 valence electrons. The van der Waals surface area contributed by atoms with E-state index < -0.39 is 16.9 Å². The van der Waals surface area contributed by atoms with Crippen LogP contribution in [0.2, 0.25) is 24.7 Å². The predicted molar refractivity (Wildman–Crippen MR) is 166 cm³/mol. The summed E-state index contributed by atoms with van der Waals surface area (Å²) in [5.74, 6) is 0. The first-order valence-corrected chi connectivity index (χ1v) is 17.4. The van der Waals surface area contributed by atoms with Crippen molar-refractivity contribution in [2.24, 2.45) is 0 Å². The van der Waals surface area contributed by atoms with Crippen molar-refractivity contribution in [3.05, 3.63) is 92.6 Å². The molecule has 3 rings (SSSR count). The molecule has 0 bridgehead atoms. The van der Waals surface area contributed by atoms with E-state index in [4.69, 9.17) is 0 Å². The third kappa shape index (κ3) is 7.37. The van der Waals surface area contributed by atoms with E-state index in [1.165, 1.54) is 42.4 Å². The molecule has 2 unspecified atom stereocenters. The maximum absolute atomic E-state index is 2.65. The van der Waals surface area contributed by atoms with E-state index in [2.05, 4.69) is 104 Å². The van der Waals surface area contributed by atoms with Crippen LogP contribution < -0.4 is 15.6 Å². The Kier molecular flexibility index (Phi) is 14.8. The van der Waals surface area contributed by atoms with Gasteiger partial charge < -0.3 is 22.3 Å². The first kappa shape index (κ1) is 36.4. The van der Waals surface area contributed by atoms with Crippen LogP contribution in [-0.4, -0.2) is 16.9 Å². The molecule has 1 aliphatic rings. The quantitative estimate of drug-likeness (QED) is 0.250. The van der Waals surface area contributed by atoms with Crippen LogP contribution in [-0.2, 0) is 21.7 Å². The van der Waals surface area contributed by atoms with Gasteiger partial charge in [0.2, 0.25) is 0 Å². The van der Waals surface area contributed by atoms with Gasteiger partial charge in [-0.3, -0.25) is 0 Å². The van der Waals surface area contributed by atoms with Crippen molar-refractivity contribution in [2.75, 3.05) is 0 Å². The zero-order valence-electron chi connectivity index (χ0n) is 24.9. The zero-order chi connectivity index (χ0) is 23.0. The summed E-state index contributed by atoms with van der Waals surface area (Å²) in [6.45, 7) is 21.6. The summed E-state index contributed by atoms with van der Waals surface area (Å²) in [5, 5.41) is 5.32.